The summed E-state index contributed by atoms with van der Waals surface area (Å²) in [5, 5.41) is 27.9. The van der Waals surface area contributed by atoms with Gasteiger partial charge in [-0.15, -0.1) is 0 Å². The van der Waals surface area contributed by atoms with Gasteiger partial charge in [0, 0.05) is 18.7 Å². The van der Waals surface area contributed by atoms with Gasteiger partial charge in [-0.1, -0.05) is 30.3 Å². The van der Waals surface area contributed by atoms with Gasteiger partial charge in [0.1, 0.15) is 0 Å². The minimum atomic E-state index is -0.343. The van der Waals surface area contributed by atoms with E-state index in [1.54, 1.807) is 0 Å². The SMILES string of the molecule is O=C(c1ccc(O)c(O)c1)N(CCO)Cc1ccccc1. The fourth-order valence-corrected chi connectivity index (χ4v) is 2.02. The van der Waals surface area contributed by atoms with E-state index in [0.717, 1.165) is 5.56 Å². The number of nitrogens with zero attached hydrogens (tertiary/aromatic N) is 1. The number of aliphatic hydroxyl groups excluding tert-OH is 1. The normalized spacial score (nSPS) is 10.3. The van der Waals surface area contributed by atoms with Crippen LogP contribution in [0.3, 0.4) is 0 Å². The molecule has 0 saturated carbocycles. The maximum atomic E-state index is 12.4. The summed E-state index contributed by atoms with van der Waals surface area (Å²) in [5.74, 6) is -0.934. The van der Waals surface area contributed by atoms with Crippen LogP contribution in [0.1, 0.15) is 15.9 Å². The van der Waals surface area contributed by atoms with E-state index in [9.17, 15) is 15.0 Å². The number of phenolic OH excluding ortho intramolecular Hbond substituents is 2. The Hall–Kier alpha value is -2.53. The largest absolute Gasteiger partial charge is 0.504 e. The van der Waals surface area contributed by atoms with Crippen molar-refractivity contribution in [1.29, 1.82) is 0 Å². The quantitative estimate of drug-likeness (QED) is 0.732. The Morgan fingerprint density at radius 1 is 1.00 bits per heavy atom. The summed E-state index contributed by atoms with van der Waals surface area (Å²) in [6.45, 7) is 0.403. The standard InChI is InChI=1S/C16H17NO4/c18-9-8-17(11-12-4-2-1-3-5-12)16(21)13-6-7-14(19)15(20)10-13/h1-7,10,18-20H,8-9,11H2. The van der Waals surface area contributed by atoms with Gasteiger partial charge in [0.2, 0.25) is 0 Å². The van der Waals surface area contributed by atoms with Crippen molar-refractivity contribution in [3.8, 4) is 11.5 Å². The number of hydrogen-bond donors (Lipinski definition) is 3. The van der Waals surface area contributed by atoms with E-state index >= 15 is 0 Å². The summed E-state index contributed by atoms with van der Waals surface area (Å²) in [7, 11) is 0. The van der Waals surface area contributed by atoms with E-state index in [1.165, 1.54) is 23.1 Å². The number of carbonyl (C=O) groups is 1. The van der Waals surface area contributed by atoms with Crippen LogP contribution in [-0.2, 0) is 6.54 Å². The number of phenols is 2. The van der Waals surface area contributed by atoms with E-state index in [-0.39, 0.29) is 36.1 Å². The zero-order chi connectivity index (χ0) is 15.2. The predicted octanol–water partition coefficient (Wildman–Crippen LogP) is 1.73. The van der Waals surface area contributed by atoms with Crippen LogP contribution in [0.15, 0.2) is 48.5 Å². The molecular weight excluding hydrogens is 270 g/mol. The van der Waals surface area contributed by atoms with Crippen LogP contribution < -0.4 is 0 Å². The maximum Gasteiger partial charge on any atom is 0.254 e. The van der Waals surface area contributed by atoms with Crippen molar-refractivity contribution in [3.05, 3.63) is 59.7 Å². The number of carbonyl (C=O) groups excluding carboxylic acids is 1. The lowest BCUT2D eigenvalue weighted by molar-refractivity contribution is 0.0707. The highest BCUT2D eigenvalue weighted by molar-refractivity contribution is 5.94. The van der Waals surface area contributed by atoms with Crippen LogP contribution >= 0.6 is 0 Å². The first-order valence-corrected chi connectivity index (χ1v) is 6.58. The second-order valence-electron chi connectivity index (χ2n) is 4.64. The highest BCUT2D eigenvalue weighted by atomic mass is 16.3. The molecule has 0 heterocycles. The van der Waals surface area contributed by atoms with Gasteiger partial charge in [-0.3, -0.25) is 4.79 Å². The smallest absolute Gasteiger partial charge is 0.254 e. The molecule has 0 unspecified atom stereocenters. The summed E-state index contributed by atoms with van der Waals surface area (Å²) in [5.41, 5.74) is 1.21. The van der Waals surface area contributed by atoms with Crippen molar-refractivity contribution in [3.63, 3.8) is 0 Å². The summed E-state index contributed by atoms with van der Waals surface area (Å²) in [4.78, 5) is 13.9. The Kier molecular flexibility index (Phi) is 4.79. The molecule has 0 aliphatic carbocycles. The Morgan fingerprint density at radius 2 is 1.71 bits per heavy atom. The molecule has 0 bridgehead atoms. The molecule has 0 aliphatic heterocycles. The molecule has 2 aromatic carbocycles. The van der Waals surface area contributed by atoms with E-state index < -0.39 is 0 Å². The highest BCUT2D eigenvalue weighted by Crippen LogP contribution is 2.25. The lowest BCUT2D eigenvalue weighted by Crippen LogP contribution is -2.33. The van der Waals surface area contributed by atoms with Crippen LogP contribution in [-0.4, -0.2) is 39.3 Å². The molecule has 3 N–H and O–H groups in total. The number of rotatable bonds is 5. The highest BCUT2D eigenvalue weighted by Gasteiger charge is 2.17. The van der Waals surface area contributed by atoms with Crippen LogP contribution in [0.2, 0.25) is 0 Å². The summed E-state index contributed by atoms with van der Waals surface area (Å²) >= 11 is 0. The molecule has 0 atom stereocenters. The fourth-order valence-electron chi connectivity index (χ4n) is 2.02. The monoisotopic (exact) mass is 287 g/mol. The van der Waals surface area contributed by atoms with Crippen LogP contribution in [0.5, 0.6) is 11.5 Å². The molecule has 0 aliphatic rings. The first-order valence-electron chi connectivity index (χ1n) is 6.58. The molecule has 5 heteroatoms. The average Bonchev–Trinajstić information content (AvgIpc) is 2.50. The summed E-state index contributed by atoms with van der Waals surface area (Å²) in [6.07, 6.45) is 0. The van der Waals surface area contributed by atoms with E-state index in [4.69, 9.17) is 5.11 Å². The molecule has 0 saturated heterocycles. The summed E-state index contributed by atoms with van der Waals surface area (Å²) in [6, 6.07) is 13.4. The number of hydrogen-bond acceptors (Lipinski definition) is 4. The van der Waals surface area contributed by atoms with Gasteiger partial charge in [0.05, 0.1) is 6.61 Å². The van der Waals surface area contributed by atoms with Crippen molar-refractivity contribution in [1.82, 2.24) is 4.90 Å². The van der Waals surface area contributed by atoms with Gasteiger partial charge in [0.25, 0.3) is 5.91 Å². The molecule has 2 rings (SSSR count). The molecule has 0 fully saturated rings. The van der Waals surface area contributed by atoms with Gasteiger partial charge >= 0.3 is 0 Å². The first kappa shape index (κ1) is 14.9. The number of amides is 1. The number of aromatic hydroxyl groups is 2. The third-order valence-corrected chi connectivity index (χ3v) is 3.10. The molecule has 2 aromatic rings. The van der Waals surface area contributed by atoms with Crippen LogP contribution in [0.4, 0.5) is 0 Å². The van der Waals surface area contributed by atoms with E-state index in [2.05, 4.69) is 0 Å². The van der Waals surface area contributed by atoms with Crippen molar-refractivity contribution in [2.45, 2.75) is 6.54 Å². The van der Waals surface area contributed by atoms with Crippen molar-refractivity contribution >= 4 is 5.91 Å². The first-order chi connectivity index (χ1) is 10.1. The summed E-state index contributed by atoms with van der Waals surface area (Å²) < 4.78 is 0. The Labute approximate surface area is 122 Å². The average molecular weight is 287 g/mol. The van der Waals surface area contributed by atoms with E-state index in [1.807, 2.05) is 30.3 Å². The van der Waals surface area contributed by atoms with Gasteiger partial charge in [-0.25, -0.2) is 0 Å². The second-order valence-corrected chi connectivity index (χ2v) is 4.64. The predicted molar refractivity (Wildman–Crippen MR) is 78.0 cm³/mol. The van der Waals surface area contributed by atoms with Gasteiger partial charge < -0.3 is 20.2 Å². The lowest BCUT2D eigenvalue weighted by Gasteiger charge is -2.22. The minimum absolute atomic E-state index is 0.150. The third kappa shape index (κ3) is 3.73. The van der Waals surface area contributed by atoms with Crippen LogP contribution in [0.25, 0.3) is 0 Å². The minimum Gasteiger partial charge on any atom is -0.504 e. The molecule has 110 valence electrons. The Morgan fingerprint density at radius 3 is 2.33 bits per heavy atom. The van der Waals surface area contributed by atoms with Gasteiger partial charge in [0.15, 0.2) is 11.5 Å². The fraction of sp³-hybridized carbons (Fsp3) is 0.188. The molecule has 21 heavy (non-hydrogen) atoms. The molecular formula is C16H17NO4. The molecule has 0 radical (unpaired) electrons. The van der Waals surface area contributed by atoms with Crippen molar-refractivity contribution < 1.29 is 20.1 Å². The number of aliphatic hydroxyl groups is 1. The molecule has 0 aromatic heterocycles. The van der Waals surface area contributed by atoms with E-state index in [0.29, 0.717) is 6.54 Å². The van der Waals surface area contributed by atoms with Gasteiger partial charge in [-0.2, -0.15) is 0 Å². The topological polar surface area (TPSA) is 81.0 Å². The maximum absolute atomic E-state index is 12.4. The zero-order valence-electron chi connectivity index (χ0n) is 11.4. The van der Waals surface area contributed by atoms with Crippen molar-refractivity contribution in [2.75, 3.05) is 13.2 Å². The number of benzene rings is 2. The molecule has 1 amide bonds. The van der Waals surface area contributed by atoms with Gasteiger partial charge in [-0.05, 0) is 23.8 Å². The second kappa shape index (κ2) is 6.76. The molecule has 5 nitrogen and oxygen atoms in total. The zero-order valence-corrected chi connectivity index (χ0v) is 11.4. The Bertz CT molecular complexity index is 613. The molecule has 0 spiro atoms. The van der Waals surface area contributed by atoms with Crippen LogP contribution in [0, 0.1) is 0 Å². The third-order valence-electron chi connectivity index (χ3n) is 3.10. The Balaban J connectivity index is 2.20. The van der Waals surface area contributed by atoms with Crippen molar-refractivity contribution in [2.24, 2.45) is 0 Å². The lowest BCUT2D eigenvalue weighted by atomic mass is 10.1.